The van der Waals surface area contributed by atoms with Crippen molar-refractivity contribution in [2.45, 2.75) is 0 Å². The summed E-state index contributed by atoms with van der Waals surface area (Å²) in [5, 5.41) is 5.11. The summed E-state index contributed by atoms with van der Waals surface area (Å²) < 4.78 is 0. The maximum atomic E-state index is 12.0. The molecule has 5 nitrogen and oxygen atoms in total. The van der Waals surface area contributed by atoms with E-state index in [0.717, 1.165) is 0 Å². The quantitative estimate of drug-likeness (QED) is 0.758. The fraction of sp³-hybridized carbons (Fsp3) is 0. The molecule has 98 valence electrons. The van der Waals surface area contributed by atoms with E-state index in [1.54, 1.807) is 17.5 Å². The highest BCUT2D eigenvalue weighted by molar-refractivity contribution is 7.14. The number of amides is 2. The largest absolute Gasteiger partial charge is 0.398 e. The van der Waals surface area contributed by atoms with Crippen LogP contribution in [-0.4, -0.2) is 11.8 Å². The van der Waals surface area contributed by atoms with Gasteiger partial charge in [0.25, 0.3) is 11.8 Å². The van der Waals surface area contributed by atoms with Crippen LogP contribution < -0.4 is 16.8 Å². The number of hydrogen-bond acceptors (Lipinski definition) is 4. The molecule has 0 aliphatic rings. The molecule has 0 bridgehead atoms. The first-order valence-electron chi connectivity index (χ1n) is 5.22. The molecule has 0 fully saturated rings. The average Bonchev–Trinajstić information content (AvgIpc) is 2.76. The molecule has 0 spiro atoms. The second-order valence-electron chi connectivity index (χ2n) is 3.71. The molecule has 0 atom stereocenters. The van der Waals surface area contributed by atoms with Crippen molar-refractivity contribution in [2.24, 2.45) is 5.73 Å². The van der Waals surface area contributed by atoms with Gasteiger partial charge in [0.15, 0.2) is 0 Å². The van der Waals surface area contributed by atoms with Gasteiger partial charge in [-0.05, 0) is 29.6 Å². The van der Waals surface area contributed by atoms with Gasteiger partial charge in [-0.25, -0.2) is 0 Å². The lowest BCUT2D eigenvalue weighted by atomic mass is 10.1. The van der Waals surface area contributed by atoms with E-state index in [1.807, 2.05) is 0 Å². The number of halogens is 1. The number of primary amides is 1. The van der Waals surface area contributed by atoms with Crippen molar-refractivity contribution in [1.82, 2.24) is 0 Å². The first-order valence-corrected chi connectivity index (χ1v) is 6.48. The van der Waals surface area contributed by atoms with Crippen molar-refractivity contribution in [1.29, 1.82) is 0 Å². The van der Waals surface area contributed by atoms with E-state index in [1.165, 1.54) is 23.5 Å². The predicted octanol–water partition coefficient (Wildman–Crippen LogP) is 2.33. The van der Waals surface area contributed by atoms with Crippen LogP contribution in [-0.2, 0) is 0 Å². The Balaban J connectivity index is 2.26. The minimum Gasteiger partial charge on any atom is -0.398 e. The number of nitrogens with one attached hydrogen (secondary N) is 1. The van der Waals surface area contributed by atoms with Gasteiger partial charge in [-0.2, -0.15) is 0 Å². The van der Waals surface area contributed by atoms with Gasteiger partial charge in [-0.3, -0.25) is 9.59 Å². The molecule has 0 radical (unpaired) electrons. The van der Waals surface area contributed by atoms with Crippen LogP contribution in [0.3, 0.4) is 0 Å². The first kappa shape index (κ1) is 13.4. The smallest absolute Gasteiger partial charge is 0.258 e. The number of carbonyl (C=O) groups is 2. The lowest BCUT2D eigenvalue weighted by Gasteiger charge is -2.07. The van der Waals surface area contributed by atoms with Crippen LogP contribution in [0.1, 0.15) is 20.7 Å². The summed E-state index contributed by atoms with van der Waals surface area (Å²) in [5.74, 6) is -1.01. The Morgan fingerprint density at radius 1 is 1.21 bits per heavy atom. The maximum absolute atomic E-state index is 12.0. The van der Waals surface area contributed by atoms with Crippen LogP contribution in [0.2, 0.25) is 5.02 Å². The van der Waals surface area contributed by atoms with Gasteiger partial charge in [-0.15, -0.1) is 11.3 Å². The Kier molecular flexibility index (Phi) is 3.73. The number of carbonyl (C=O) groups excluding carboxylic acids is 2. The van der Waals surface area contributed by atoms with E-state index >= 15 is 0 Å². The monoisotopic (exact) mass is 295 g/mol. The summed E-state index contributed by atoms with van der Waals surface area (Å²) in [5.41, 5.74) is 11.7. The lowest BCUT2D eigenvalue weighted by molar-refractivity contribution is 0.100. The number of rotatable bonds is 3. The minimum atomic E-state index is -0.597. The van der Waals surface area contributed by atoms with Crippen molar-refractivity contribution in [3.05, 3.63) is 45.8 Å². The molecule has 1 aromatic heterocycles. The zero-order valence-electron chi connectivity index (χ0n) is 9.64. The number of anilines is 2. The Labute approximate surface area is 118 Å². The van der Waals surface area contributed by atoms with Crippen molar-refractivity contribution >= 4 is 45.4 Å². The highest BCUT2D eigenvalue weighted by Gasteiger charge is 2.15. The van der Waals surface area contributed by atoms with Crippen molar-refractivity contribution in [2.75, 3.05) is 11.1 Å². The molecule has 5 N–H and O–H groups in total. The summed E-state index contributed by atoms with van der Waals surface area (Å²) in [6.45, 7) is 0. The normalized spacial score (nSPS) is 10.2. The maximum Gasteiger partial charge on any atom is 0.258 e. The van der Waals surface area contributed by atoms with Gasteiger partial charge in [-0.1, -0.05) is 11.6 Å². The van der Waals surface area contributed by atoms with Gasteiger partial charge in [0.2, 0.25) is 0 Å². The van der Waals surface area contributed by atoms with Crippen molar-refractivity contribution in [3.8, 4) is 0 Å². The number of benzene rings is 1. The Hall–Kier alpha value is -2.05. The molecular formula is C12H10ClN3O2S. The van der Waals surface area contributed by atoms with Crippen molar-refractivity contribution < 1.29 is 9.59 Å². The van der Waals surface area contributed by atoms with Crippen LogP contribution in [0.15, 0.2) is 29.6 Å². The average molecular weight is 296 g/mol. The summed E-state index contributed by atoms with van der Waals surface area (Å²) in [6, 6.07) is 6.12. The summed E-state index contributed by atoms with van der Waals surface area (Å²) in [7, 11) is 0. The third kappa shape index (κ3) is 2.86. The van der Waals surface area contributed by atoms with Crippen molar-refractivity contribution in [3.63, 3.8) is 0 Å². The number of hydrogen-bond donors (Lipinski definition) is 3. The van der Waals surface area contributed by atoms with Gasteiger partial charge >= 0.3 is 0 Å². The highest BCUT2D eigenvalue weighted by Crippen LogP contribution is 2.25. The molecule has 0 aliphatic heterocycles. The van der Waals surface area contributed by atoms with Crippen LogP contribution in [0.5, 0.6) is 0 Å². The fourth-order valence-corrected chi connectivity index (χ4v) is 2.48. The van der Waals surface area contributed by atoms with E-state index in [9.17, 15) is 9.59 Å². The summed E-state index contributed by atoms with van der Waals surface area (Å²) in [6.07, 6.45) is 0. The number of nitrogens with two attached hydrogens (primary N) is 2. The molecule has 2 rings (SSSR count). The first-order chi connectivity index (χ1) is 8.99. The Bertz CT molecular complexity index is 654. The third-order valence-electron chi connectivity index (χ3n) is 2.42. The second-order valence-corrected chi connectivity index (χ2v) is 5.07. The zero-order chi connectivity index (χ0) is 14.0. The Morgan fingerprint density at radius 3 is 2.58 bits per heavy atom. The molecule has 1 aromatic carbocycles. The molecule has 7 heteroatoms. The topological polar surface area (TPSA) is 98.2 Å². The summed E-state index contributed by atoms with van der Waals surface area (Å²) >= 11 is 6.97. The molecule has 2 aromatic rings. The molecule has 1 heterocycles. The highest BCUT2D eigenvalue weighted by atomic mass is 35.5. The fourth-order valence-electron chi connectivity index (χ4n) is 1.51. The van der Waals surface area contributed by atoms with Gasteiger partial charge < -0.3 is 16.8 Å². The van der Waals surface area contributed by atoms with Gasteiger partial charge in [0.1, 0.15) is 5.00 Å². The van der Waals surface area contributed by atoms with E-state index < -0.39 is 11.8 Å². The van der Waals surface area contributed by atoms with Crippen LogP contribution in [0, 0.1) is 0 Å². The van der Waals surface area contributed by atoms with E-state index in [-0.39, 0.29) is 16.8 Å². The standard InChI is InChI=1S/C12H10ClN3O2S/c13-6-1-2-7(9(14)5-6)11(18)16-12-8(10(15)17)3-4-19-12/h1-5H,14H2,(H2,15,17)(H,16,18). The second kappa shape index (κ2) is 5.29. The third-order valence-corrected chi connectivity index (χ3v) is 3.48. The van der Waals surface area contributed by atoms with E-state index in [0.29, 0.717) is 10.0 Å². The number of nitrogen functional groups attached to an aromatic ring is 1. The van der Waals surface area contributed by atoms with E-state index in [4.69, 9.17) is 23.1 Å². The zero-order valence-corrected chi connectivity index (χ0v) is 11.2. The molecule has 19 heavy (non-hydrogen) atoms. The van der Waals surface area contributed by atoms with Gasteiger partial charge in [0, 0.05) is 10.7 Å². The number of thiophene rings is 1. The molecular weight excluding hydrogens is 286 g/mol. The minimum absolute atomic E-state index is 0.266. The van der Waals surface area contributed by atoms with E-state index in [2.05, 4.69) is 5.32 Å². The molecule has 0 unspecified atom stereocenters. The van der Waals surface area contributed by atoms with Gasteiger partial charge in [0.05, 0.1) is 11.1 Å². The van der Waals surface area contributed by atoms with Crippen LogP contribution >= 0.6 is 22.9 Å². The van der Waals surface area contributed by atoms with Crippen LogP contribution in [0.4, 0.5) is 10.7 Å². The summed E-state index contributed by atoms with van der Waals surface area (Å²) in [4.78, 5) is 23.2. The SMILES string of the molecule is NC(=O)c1ccsc1NC(=O)c1ccc(Cl)cc1N. The Morgan fingerprint density at radius 2 is 1.95 bits per heavy atom. The lowest BCUT2D eigenvalue weighted by Crippen LogP contribution is -2.17. The molecule has 0 aliphatic carbocycles. The molecule has 0 saturated carbocycles. The molecule has 2 amide bonds. The van der Waals surface area contributed by atoms with Crippen LogP contribution in [0.25, 0.3) is 0 Å². The predicted molar refractivity (Wildman–Crippen MR) is 76.7 cm³/mol. The molecule has 0 saturated heterocycles.